The fourth-order valence-electron chi connectivity index (χ4n) is 2.16. The van der Waals surface area contributed by atoms with Gasteiger partial charge in [-0.25, -0.2) is 17.6 Å². The van der Waals surface area contributed by atoms with E-state index in [4.69, 9.17) is 0 Å². The Balaban J connectivity index is 2.23. The monoisotopic (exact) mass is 354 g/mol. The molecule has 25 heavy (non-hydrogen) atoms. The number of halogens is 4. The molecule has 0 saturated carbocycles. The minimum atomic E-state index is -1.56. The lowest BCUT2D eigenvalue weighted by molar-refractivity contribution is 0.0950. The third kappa shape index (κ3) is 3.62. The van der Waals surface area contributed by atoms with E-state index in [2.05, 4.69) is 10.6 Å². The van der Waals surface area contributed by atoms with Crippen LogP contribution in [-0.4, -0.2) is 18.9 Å². The molecule has 2 rings (SSSR count). The minimum Gasteiger partial charge on any atom is -0.355 e. The third-order valence-corrected chi connectivity index (χ3v) is 3.61. The molecule has 0 aromatic heterocycles. The predicted octanol–water partition coefficient (Wildman–Crippen LogP) is 2.84. The molecular weight excluding hydrogens is 340 g/mol. The minimum absolute atomic E-state index is 0.0509. The smallest absolute Gasteiger partial charge is 0.251 e. The summed E-state index contributed by atoms with van der Waals surface area (Å²) < 4.78 is 54.6. The molecule has 0 bridgehead atoms. The van der Waals surface area contributed by atoms with Crippen LogP contribution >= 0.6 is 0 Å². The van der Waals surface area contributed by atoms with Crippen LogP contribution in [0.2, 0.25) is 0 Å². The summed E-state index contributed by atoms with van der Waals surface area (Å²) in [5.74, 6) is -7.32. The molecule has 4 nitrogen and oxygen atoms in total. The van der Waals surface area contributed by atoms with Crippen LogP contribution in [0.25, 0.3) is 0 Å². The van der Waals surface area contributed by atoms with Gasteiger partial charge in [-0.1, -0.05) is 6.07 Å². The molecule has 2 aromatic carbocycles. The summed E-state index contributed by atoms with van der Waals surface area (Å²) in [7, 11) is 1.42. The van der Waals surface area contributed by atoms with E-state index in [9.17, 15) is 27.2 Å². The van der Waals surface area contributed by atoms with E-state index in [1.807, 2.05) is 0 Å². The second-order valence-electron chi connectivity index (χ2n) is 5.20. The Morgan fingerprint density at radius 2 is 1.44 bits per heavy atom. The van der Waals surface area contributed by atoms with Crippen molar-refractivity contribution in [3.05, 3.63) is 69.8 Å². The van der Waals surface area contributed by atoms with Crippen LogP contribution < -0.4 is 10.6 Å². The first kappa shape index (κ1) is 18.4. The summed E-state index contributed by atoms with van der Waals surface area (Å²) in [4.78, 5) is 23.6. The first-order valence-electron chi connectivity index (χ1n) is 7.19. The first-order valence-corrected chi connectivity index (χ1v) is 7.19. The fourth-order valence-corrected chi connectivity index (χ4v) is 2.16. The van der Waals surface area contributed by atoms with E-state index < -0.39 is 52.8 Å². The lowest BCUT2D eigenvalue weighted by Gasteiger charge is -2.11. The van der Waals surface area contributed by atoms with Gasteiger partial charge in [0.1, 0.15) is 0 Å². The van der Waals surface area contributed by atoms with Crippen molar-refractivity contribution < 1.29 is 27.2 Å². The van der Waals surface area contributed by atoms with E-state index in [-0.39, 0.29) is 11.1 Å². The molecule has 0 heterocycles. The largest absolute Gasteiger partial charge is 0.355 e. The van der Waals surface area contributed by atoms with E-state index in [0.29, 0.717) is 0 Å². The van der Waals surface area contributed by atoms with Gasteiger partial charge in [0.25, 0.3) is 11.8 Å². The Labute approximate surface area is 140 Å². The number of carbonyl (C=O) groups excluding carboxylic acids is 2. The van der Waals surface area contributed by atoms with Crippen LogP contribution in [0.4, 0.5) is 17.6 Å². The van der Waals surface area contributed by atoms with Gasteiger partial charge in [0.05, 0.1) is 0 Å². The molecule has 0 aliphatic carbocycles. The van der Waals surface area contributed by atoms with E-state index in [1.54, 1.807) is 0 Å². The van der Waals surface area contributed by atoms with Gasteiger partial charge in [-0.05, 0) is 25.1 Å². The lowest BCUT2D eigenvalue weighted by Crippen LogP contribution is -2.25. The molecule has 0 aliphatic heterocycles. The topological polar surface area (TPSA) is 58.2 Å². The summed E-state index contributed by atoms with van der Waals surface area (Å²) in [6.07, 6.45) is 0. The SMILES string of the molecule is CNC(=O)c1cccc(C(=O)NCc2c(F)c(F)c(C)c(F)c2F)c1. The molecular formula is C17H14F4N2O2. The van der Waals surface area contributed by atoms with Crippen LogP contribution in [0.15, 0.2) is 24.3 Å². The zero-order valence-corrected chi connectivity index (χ0v) is 13.3. The van der Waals surface area contributed by atoms with Crippen molar-refractivity contribution in [2.45, 2.75) is 13.5 Å². The van der Waals surface area contributed by atoms with E-state index >= 15 is 0 Å². The van der Waals surface area contributed by atoms with Crippen LogP contribution in [0.1, 0.15) is 31.8 Å². The van der Waals surface area contributed by atoms with Gasteiger partial charge in [0, 0.05) is 35.8 Å². The van der Waals surface area contributed by atoms with Crippen LogP contribution in [0.5, 0.6) is 0 Å². The van der Waals surface area contributed by atoms with Gasteiger partial charge in [0.2, 0.25) is 0 Å². The number of carbonyl (C=O) groups is 2. The quantitative estimate of drug-likeness (QED) is 0.655. The zero-order valence-electron chi connectivity index (χ0n) is 13.3. The normalized spacial score (nSPS) is 10.5. The maximum atomic E-state index is 13.8. The molecule has 0 saturated heterocycles. The average molecular weight is 354 g/mol. The van der Waals surface area contributed by atoms with Crippen molar-refractivity contribution in [1.29, 1.82) is 0 Å². The molecule has 0 unspecified atom stereocenters. The van der Waals surface area contributed by atoms with Gasteiger partial charge >= 0.3 is 0 Å². The Bertz CT molecular complexity index is 824. The number of hydrogen-bond donors (Lipinski definition) is 2. The highest BCUT2D eigenvalue weighted by molar-refractivity contribution is 5.99. The van der Waals surface area contributed by atoms with Crippen LogP contribution in [0, 0.1) is 30.2 Å². The Morgan fingerprint density at radius 1 is 0.920 bits per heavy atom. The Morgan fingerprint density at radius 3 is 1.96 bits per heavy atom. The van der Waals surface area contributed by atoms with E-state index in [0.717, 1.165) is 6.92 Å². The summed E-state index contributed by atoms with van der Waals surface area (Å²) in [5, 5.41) is 4.56. The predicted molar refractivity (Wildman–Crippen MR) is 82.0 cm³/mol. The van der Waals surface area contributed by atoms with Crippen molar-refractivity contribution in [3.63, 3.8) is 0 Å². The maximum Gasteiger partial charge on any atom is 0.251 e. The highest BCUT2D eigenvalue weighted by Crippen LogP contribution is 2.23. The van der Waals surface area contributed by atoms with Crippen molar-refractivity contribution in [1.82, 2.24) is 10.6 Å². The van der Waals surface area contributed by atoms with Crippen molar-refractivity contribution >= 4 is 11.8 Å². The van der Waals surface area contributed by atoms with Crippen LogP contribution in [-0.2, 0) is 6.54 Å². The summed E-state index contributed by atoms with van der Waals surface area (Å²) in [5.41, 5.74) is -1.44. The van der Waals surface area contributed by atoms with E-state index in [1.165, 1.54) is 31.3 Å². The highest BCUT2D eigenvalue weighted by Gasteiger charge is 2.23. The average Bonchev–Trinajstić information content (AvgIpc) is 2.63. The lowest BCUT2D eigenvalue weighted by atomic mass is 10.1. The zero-order chi connectivity index (χ0) is 18.7. The maximum absolute atomic E-state index is 13.8. The summed E-state index contributed by atoms with van der Waals surface area (Å²) in [6, 6.07) is 5.58. The van der Waals surface area contributed by atoms with Crippen molar-refractivity contribution in [2.75, 3.05) is 7.05 Å². The molecule has 0 atom stereocenters. The molecule has 2 amide bonds. The van der Waals surface area contributed by atoms with Gasteiger partial charge in [-0.3, -0.25) is 9.59 Å². The molecule has 0 fully saturated rings. The standard InChI is InChI=1S/C17H14F4N2O2/c1-8-12(18)14(20)11(15(21)13(8)19)7-23-17(25)10-5-3-4-9(6-10)16(24)22-2/h3-6H,7H2,1-2H3,(H,22,24)(H,23,25). The number of amides is 2. The Hall–Kier alpha value is -2.90. The van der Waals surface area contributed by atoms with Gasteiger partial charge < -0.3 is 10.6 Å². The molecule has 8 heteroatoms. The molecule has 132 valence electrons. The fraction of sp³-hybridized carbons (Fsp3) is 0.176. The van der Waals surface area contributed by atoms with Crippen molar-refractivity contribution in [3.8, 4) is 0 Å². The van der Waals surface area contributed by atoms with Gasteiger partial charge in [-0.15, -0.1) is 0 Å². The summed E-state index contributed by atoms with van der Waals surface area (Å²) >= 11 is 0. The molecule has 2 aromatic rings. The molecule has 0 spiro atoms. The summed E-state index contributed by atoms with van der Waals surface area (Å²) in [6.45, 7) is 0.151. The number of benzene rings is 2. The van der Waals surface area contributed by atoms with Gasteiger partial charge in [-0.2, -0.15) is 0 Å². The number of hydrogen-bond acceptors (Lipinski definition) is 2. The number of nitrogens with one attached hydrogen (secondary N) is 2. The molecule has 0 radical (unpaired) electrons. The third-order valence-electron chi connectivity index (χ3n) is 3.61. The molecule has 2 N–H and O–H groups in total. The first-order chi connectivity index (χ1) is 11.8. The van der Waals surface area contributed by atoms with Crippen LogP contribution in [0.3, 0.4) is 0 Å². The van der Waals surface area contributed by atoms with Crippen molar-refractivity contribution in [2.24, 2.45) is 0 Å². The second kappa shape index (κ2) is 7.33. The Kier molecular flexibility index (Phi) is 5.41. The van der Waals surface area contributed by atoms with Gasteiger partial charge in [0.15, 0.2) is 23.3 Å². The molecule has 0 aliphatic rings. The second-order valence-corrected chi connectivity index (χ2v) is 5.20. The number of rotatable bonds is 4. The highest BCUT2D eigenvalue weighted by atomic mass is 19.2.